The number of halogens is 2. The van der Waals surface area contributed by atoms with E-state index in [1.165, 1.54) is 12.4 Å². The molecule has 0 radical (unpaired) electrons. The molecular formula is C11H6Cl2N2O. The summed E-state index contributed by atoms with van der Waals surface area (Å²) in [5.74, 6) is 0.131. The topological polar surface area (TPSA) is 42.9 Å². The molecule has 0 unspecified atom stereocenters. The zero-order chi connectivity index (χ0) is 11.5. The Morgan fingerprint density at radius 2 is 1.62 bits per heavy atom. The van der Waals surface area contributed by atoms with Crippen LogP contribution in [0.4, 0.5) is 0 Å². The Kier molecular flexibility index (Phi) is 3.17. The van der Waals surface area contributed by atoms with Crippen molar-refractivity contribution in [3.63, 3.8) is 0 Å². The summed E-state index contributed by atoms with van der Waals surface area (Å²) in [6.45, 7) is 0. The van der Waals surface area contributed by atoms with Crippen LogP contribution in [0.2, 0.25) is 10.0 Å². The van der Waals surface area contributed by atoms with E-state index in [9.17, 15) is 4.79 Å². The van der Waals surface area contributed by atoms with Crippen molar-refractivity contribution >= 4 is 29.5 Å². The van der Waals surface area contributed by atoms with Crippen LogP contribution >= 0.6 is 23.2 Å². The van der Waals surface area contributed by atoms with Crippen LogP contribution in [0, 0.1) is 0 Å². The minimum absolute atomic E-state index is 0.131. The van der Waals surface area contributed by atoms with Crippen molar-refractivity contribution < 1.29 is 4.79 Å². The lowest BCUT2D eigenvalue weighted by Crippen LogP contribution is -1.92. The van der Waals surface area contributed by atoms with E-state index in [1.54, 1.807) is 18.2 Å². The van der Waals surface area contributed by atoms with Gasteiger partial charge >= 0.3 is 0 Å². The zero-order valence-electron chi connectivity index (χ0n) is 8.02. The molecule has 0 aliphatic rings. The van der Waals surface area contributed by atoms with Gasteiger partial charge in [-0.25, -0.2) is 9.97 Å². The molecule has 2 rings (SSSR count). The average molecular weight is 253 g/mol. The van der Waals surface area contributed by atoms with Gasteiger partial charge in [-0.2, -0.15) is 0 Å². The Bertz CT molecular complexity index is 506. The molecule has 0 aliphatic carbocycles. The number of carbonyl (C=O) groups is 1. The summed E-state index contributed by atoms with van der Waals surface area (Å²) in [5, 5.41) is 1.05. The summed E-state index contributed by atoms with van der Waals surface area (Å²) >= 11 is 12.1. The Balaban J connectivity index is 2.54. The molecule has 0 saturated carbocycles. The van der Waals surface area contributed by atoms with Gasteiger partial charge in [0.25, 0.3) is 0 Å². The molecule has 3 nitrogen and oxygen atoms in total. The van der Waals surface area contributed by atoms with Crippen LogP contribution in [-0.4, -0.2) is 16.3 Å². The zero-order valence-corrected chi connectivity index (χ0v) is 9.53. The lowest BCUT2D eigenvalue weighted by Gasteiger charge is -2.05. The largest absolute Gasteiger partial charge is 0.294 e. The standard InChI is InChI=1S/C11H6Cl2N2O/c12-8-2-1-3-9(13)11(8)7-4-14-10(6-16)15-5-7/h1-6H. The Hall–Kier alpha value is -1.45. The molecule has 0 saturated heterocycles. The molecule has 1 aromatic heterocycles. The smallest absolute Gasteiger partial charge is 0.192 e. The number of aromatic nitrogens is 2. The number of hydrogen-bond acceptors (Lipinski definition) is 3. The summed E-state index contributed by atoms with van der Waals surface area (Å²) < 4.78 is 0. The number of carbonyl (C=O) groups excluding carboxylic acids is 1. The van der Waals surface area contributed by atoms with Crippen LogP contribution in [0.1, 0.15) is 10.6 Å². The normalized spacial score (nSPS) is 10.1. The van der Waals surface area contributed by atoms with E-state index >= 15 is 0 Å². The minimum Gasteiger partial charge on any atom is -0.294 e. The summed E-state index contributed by atoms with van der Waals surface area (Å²) in [6.07, 6.45) is 3.62. The van der Waals surface area contributed by atoms with Gasteiger partial charge in [0.2, 0.25) is 0 Å². The highest BCUT2D eigenvalue weighted by Gasteiger charge is 2.08. The maximum atomic E-state index is 10.4. The van der Waals surface area contributed by atoms with E-state index in [2.05, 4.69) is 9.97 Å². The lowest BCUT2D eigenvalue weighted by atomic mass is 10.1. The average Bonchev–Trinajstić information content (AvgIpc) is 2.30. The Labute approximate surface area is 102 Å². The Morgan fingerprint density at radius 1 is 1.06 bits per heavy atom. The van der Waals surface area contributed by atoms with Crippen molar-refractivity contribution in [3.05, 3.63) is 46.5 Å². The van der Waals surface area contributed by atoms with Crippen LogP contribution in [0.5, 0.6) is 0 Å². The highest BCUT2D eigenvalue weighted by molar-refractivity contribution is 6.39. The predicted molar refractivity (Wildman–Crippen MR) is 62.9 cm³/mol. The molecule has 0 aliphatic heterocycles. The van der Waals surface area contributed by atoms with Crippen molar-refractivity contribution in [1.29, 1.82) is 0 Å². The van der Waals surface area contributed by atoms with Crippen molar-refractivity contribution in [1.82, 2.24) is 9.97 Å². The molecule has 1 aromatic carbocycles. The monoisotopic (exact) mass is 252 g/mol. The second-order valence-electron chi connectivity index (χ2n) is 3.04. The van der Waals surface area contributed by atoms with Gasteiger partial charge in [-0.15, -0.1) is 0 Å². The van der Waals surface area contributed by atoms with Crippen molar-refractivity contribution in [3.8, 4) is 11.1 Å². The van der Waals surface area contributed by atoms with Crippen molar-refractivity contribution in [2.75, 3.05) is 0 Å². The van der Waals surface area contributed by atoms with E-state index in [0.29, 0.717) is 27.5 Å². The SMILES string of the molecule is O=Cc1ncc(-c2c(Cl)cccc2Cl)cn1. The first kappa shape index (κ1) is 11.0. The van der Waals surface area contributed by atoms with Crippen molar-refractivity contribution in [2.45, 2.75) is 0 Å². The molecule has 0 N–H and O–H groups in total. The maximum absolute atomic E-state index is 10.4. The second kappa shape index (κ2) is 4.60. The Morgan fingerprint density at radius 3 is 2.12 bits per heavy atom. The van der Waals surface area contributed by atoms with E-state index in [1.807, 2.05) is 0 Å². The van der Waals surface area contributed by atoms with Gasteiger partial charge < -0.3 is 0 Å². The number of benzene rings is 1. The molecule has 2 aromatic rings. The van der Waals surface area contributed by atoms with Crippen LogP contribution < -0.4 is 0 Å². The quantitative estimate of drug-likeness (QED) is 0.771. The minimum atomic E-state index is 0.131. The fourth-order valence-corrected chi connectivity index (χ4v) is 1.92. The van der Waals surface area contributed by atoms with Gasteiger partial charge in [0.05, 0.1) is 10.0 Å². The first-order valence-electron chi connectivity index (χ1n) is 4.44. The number of rotatable bonds is 2. The highest BCUT2D eigenvalue weighted by Crippen LogP contribution is 2.33. The molecule has 0 atom stereocenters. The summed E-state index contributed by atoms with van der Waals surface area (Å²) in [4.78, 5) is 18.1. The molecule has 1 heterocycles. The van der Waals surface area contributed by atoms with Crippen LogP contribution in [0.15, 0.2) is 30.6 Å². The van der Waals surface area contributed by atoms with Gasteiger partial charge in [-0.05, 0) is 12.1 Å². The number of aldehydes is 1. The number of nitrogens with zero attached hydrogens (tertiary/aromatic N) is 2. The van der Waals surface area contributed by atoms with Gasteiger partial charge in [-0.3, -0.25) is 4.79 Å². The second-order valence-corrected chi connectivity index (χ2v) is 3.86. The van der Waals surface area contributed by atoms with E-state index in [-0.39, 0.29) is 5.82 Å². The third-order valence-corrected chi connectivity index (χ3v) is 2.66. The molecule has 0 spiro atoms. The lowest BCUT2D eigenvalue weighted by molar-refractivity contribution is 0.111. The van der Waals surface area contributed by atoms with E-state index < -0.39 is 0 Å². The van der Waals surface area contributed by atoms with Gasteiger partial charge in [0, 0.05) is 23.5 Å². The van der Waals surface area contributed by atoms with Gasteiger partial charge in [0.1, 0.15) is 0 Å². The number of hydrogen-bond donors (Lipinski definition) is 0. The molecule has 80 valence electrons. The molecule has 5 heteroatoms. The third kappa shape index (κ3) is 2.05. The maximum Gasteiger partial charge on any atom is 0.192 e. The van der Waals surface area contributed by atoms with Gasteiger partial charge in [-0.1, -0.05) is 29.3 Å². The molecule has 0 amide bonds. The molecule has 0 fully saturated rings. The first-order chi connectivity index (χ1) is 7.72. The summed E-state index contributed by atoms with van der Waals surface area (Å²) in [6, 6.07) is 5.22. The molecule has 16 heavy (non-hydrogen) atoms. The molecular weight excluding hydrogens is 247 g/mol. The third-order valence-electron chi connectivity index (χ3n) is 2.03. The van der Waals surface area contributed by atoms with E-state index in [0.717, 1.165) is 0 Å². The van der Waals surface area contributed by atoms with E-state index in [4.69, 9.17) is 23.2 Å². The van der Waals surface area contributed by atoms with Crippen LogP contribution in [0.3, 0.4) is 0 Å². The fourth-order valence-electron chi connectivity index (χ4n) is 1.30. The van der Waals surface area contributed by atoms with Crippen LogP contribution in [-0.2, 0) is 0 Å². The highest BCUT2D eigenvalue weighted by atomic mass is 35.5. The van der Waals surface area contributed by atoms with Gasteiger partial charge in [0.15, 0.2) is 12.1 Å². The van der Waals surface area contributed by atoms with Crippen LogP contribution in [0.25, 0.3) is 11.1 Å². The summed E-state index contributed by atoms with van der Waals surface area (Å²) in [5.41, 5.74) is 1.35. The fraction of sp³-hybridized carbons (Fsp3) is 0. The molecule has 0 bridgehead atoms. The summed E-state index contributed by atoms with van der Waals surface area (Å²) in [7, 11) is 0. The first-order valence-corrected chi connectivity index (χ1v) is 5.19. The predicted octanol–water partition coefficient (Wildman–Crippen LogP) is 3.26. The van der Waals surface area contributed by atoms with Crippen molar-refractivity contribution in [2.24, 2.45) is 0 Å².